The van der Waals surface area contributed by atoms with Gasteiger partial charge in [-0.3, -0.25) is 4.68 Å². The third kappa shape index (κ3) is 3.67. The largest absolute Gasteiger partial charge is 0.339 e. The van der Waals surface area contributed by atoms with Gasteiger partial charge in [0.2, 0.25) is 5.89 Å². The van der Waals surface area contributed by atoms with E-state index in [0.29, 0.717) is 16.9 Å². The van der Waals surface area contributed by atoms with Gasteiger partial charge in [-0.25, -0.2) is 0 Å². The third-order valence-corrected chi connectivity index (χ3v) is 4.35. The van der Waals surface area contributed by atoms with Crippen molar-refractivity contribution < 1.29 is 4.52 Å². The summed E-state index contributed by atoms with van der Waals surface area (Å²) >= 11 is 5.87. The zero-order valence-corrected chi connectivity index (χ0v) is 13.8. The first-order chi connectivity index (χ1) is 10.6. The van der Waals surface area contributed by atoms with Gasteiger partial charge < -0.3 is 9.42 Å². The van der Waals surface area contributed by atoms with Crippen LogP contribution in [-0.2, 0) is 6.54 Å². The van der Waals surface area contributed by atoms with Gasteiger partial charge in [-0.05, 0) is 25.9 Å². The predicted octanol–water partition coefficient (Wildman–Crippen LogP) is 2.92. The van der Waals surface area contributed by atoms with E-state index in [-0.39, 0.29) is 0 Å². The standard InChI is InChI=1S/C15H22ClN5O/c1-11(2)14-18-15(22-19-14)12-3-5-20(6-4-12)7-8-21-10-13(16)9-17-21/h9-12H,3-8H2,1-2H3. The van der Waals surface area contributed by atoms with Crippen LogP contribution in [0.25, 0.3) is 0 Å². The normalized spacial score (nSPS) is 17.5. The number of piperidine rings is 1. The smallest absolute Gasteiger partial charge is 0.229 e. The minimum atomic E-state index is 0.318. The molecule has 0 spiro atoms. The van der Waals surface area contributed by atoms with Gasteiger partial charge in [0.25, 0.3) is 0 Å². The van der Waals surface area contributed by atoms with Crippen molar-refractivity contribution in [2.75, 3.05) is 19.6 Å². The lowest BCUT2D eigenvalue weighted by Gasteiger charge is -2.30. The van der Waals surface area contributed by atoms with Crippen LogP contribution in [0.15, 0.2) is 16.9 Å². The van der Waals surface area contributed by atoms with Gasteiger partial charge in [0, 0.05) is 24.6 Å². The average Bonchev–Trinajstić information content (AvgIpc) is 3.15. The molecular formula is C15H22ClN5O. The van der Waals surface area contributed by atoms with E-state index >= 15 is 0 Å². The van der Waals surface area contributed by atoms with Gasteiger partial charge in [0.1, 0.15) is 0 Å². The molecule has 0 bridgehead atoms. The molecular weight excluding hydrogens is 302 g/mol. The van der Waals surface area contributed by atoms with Crippen molar-refractivity contribution >= 4 is 11.6 Å². The molecule has 1 aliphatic heterocycles. The quantitative estimate of drug-likeness (QED) is 0.846. The second kappa shape index (κ2) is 6.79. The number of aromatic nitrogens is 4. The zero-order valence-electron chi connectivity index (χ0n) is 13.1. The molecule has 0 aromatic carbocycles. The van der Waals surface area contributed by atoms with Gasteiger partial charge in [-0.1, -0.05) is 30.6 Å². The number of halogens is 1. The number of rotatable bonds is 5. The Morgan fingerprint density at radius 3 is 2.68 bits per heavy atom. The van der Waals surface area contributed by atoms with Crippen molar-refractivity contribution in [3.05, 3.63) is 29.1 Å². The number of hydrogen-bond donors (Lipinski definition) is 0. The van der Waals surface area contributed by atoms with Crippen molar-refractivity contribution in [2.24, 2.45) is 0 Å². The van der Waals surface area contributed by atoms with Crippen molar-refractivity contribution in [1.29, 1.82) is 0 Å². The molecule has 0 aliphatic carbocycles. The van der Waals surface area contributed by atoms with Crippen LogP contribution in [0.2, 0.25) is 5.02 Å². The molecule has 0 atom stereocenters. The monoisotopic (exact) mass is 323 g/mol. The summed E-state index contributed by atoms with van der Waals surface area (Å²) in [4.78, 5) is 6.98. The molecule has 3 rings (SSSR count). The van der Waals surface area contributed by atoms with Crippen LogP contribution in [-0.4, -0.2) is 44.5 Å². The van der Waals surface area contributed by atoms with Crippen molar-refractivity contribution in [3.8, 4) is 0 Å². The lowest BCUT2D eigenvalue weighted by atomic mass is 9.97. The zero-order chi connectivity index (χ0) is 15.5. The minimum absolute atomic E-state index is 0.318. The molecule has 1 aliphatic rings. The molecule has 22 heavy (non-hydrogen) atoms. The van der Waals surface area contributed by atoms with E-state index in [1.165, 1.54) is 0 Å². The Labute approximate surface area is 135 Å². The highest BCUT2D eigenvalue weighted by atomic mass is 35.5. The van der Waals surface area contributed by atoms with Crippen LogP contribution in [0, 0.1) is 0 Å². The summed E-state index contributed by atoms with van der Waals surface area (Å²) in [5, 5.41) is 8.96. The topological polar surface area (TPSA) is 60.0 Å². The Morgan fingerprint density at radius 2 is 2.09 bits per heavy atom. The van der Waals surface area contributed by atoms with E-state index in [9.17, 15) is 0 Å². The molecule has 0 N–H and O–H groups in total. The highest BCUT2D eigenvalue weighted by molar-refractivity contribution is 6.30. The molecule has 7 heteroatoms. The first-order valence-electron chi connectivity index (χ1n) is 7.85. The molecule has 0 unspecified atom stereocenters. The second-order valence-electron chi connectivity index (χ2n) is 6.18. The summed E-state index contributed by atoms with van der Waals surface area (Å²) in [5.74, 6) is 2.34. The third-order valence-electron chi connectivity index (χ3n) is 4.16. The summed E-state index contributed by atoms with van der Waals surface area (Å²) in [7, 11) is 0. The van der Waals surface area contributed by atoms with E-state index in [1.807, 2.05) is 10.9 Å². The molecule has 0 amide bonds. The summed E-state index contributed by atoms with van der Waals surface area (Å²) in [6, 6.07) is 0. The van der Waals surface area contributed by atoms with Crippen LogP contribution in [0.1, 0.15) is 50.2 Å². The fourth-order valence-corrected chi connectivity index (χ4v) is 2.91. The van der Waals surface area contributed by atoms with Gasteiger partial charge >= 0.3 is 0 Å². The van der Waals surface area contributed by atoms with Crippen molar-refractivity contribution in [1.82, 2.24) is 24.8 Å². The molecule has 1 saturated heterocycles. The molecule has 1 fully saturated rings. The first kappa shape index (κ1) is 15.5. The highest BCUT2D eigenvalue weighted by Crippen LogP contribution is 2.27. The molecule has 2 aromatic rings. The number of likely N-dealkylation sites (tertiary alicyclic amines) is 1. The van der Waals surface area contributed by atoms with Gasteiger partial charge in [-0.2, -0.15) is 10.1 Å². The van der Waals surface area contributed by atoms with Crippen molar-refractivity contribution in [2.45, 2.75) is 45.1 Å². The van der Waals surface area contributed by atoms with E-state index in [4.69, 9.17) is 16.1 Å². The van der Waals surface area contributed by atoms with E-state index < -0.39 is 0 Å². The minimum Gasteiger partial charge on any atom is -0.339 e. The maximum Gasteiger partial charge on any atom is 0.229 e. The van der Waals surface area contributed by atoms with Crippen LogP contribution >= 0.6 is 11.6 Å². The fraction of sp³-hybridized carbons (Fsp3) is 0.667. The Hall–Kier alpha value is -1.40. The van der Waals surface area contributed by atoms with Gasteiger partial charge in [0.05, 0.1) is 17.8 Å². The molecule has 2 aromatic heterocycles. The summed E-state index contributed by atoms with van der Waals surface area (Å²) in [6.45, 7) is 8.14. The van der Waals surface area contributed by atoms with E-state index in [1.54, 1.807) is 6.20 Å². The molecule has 0 saturated carbocycles. The Morgan fingerprint density at radius 1 is 1.32 bits per heavy atom. The number of nitrogens with zero attached hydrogens (tertiary/aromatic N) is 5. The fourth-order valence-electron chi connectivity index (χ4n) is 2.76. The maximum atomic E-state index is 5.87. The molecule has 6 nitrogen and oxygen atoms in total. The Kier molecular flexibility index (Phi) is 4.78. The Balaban J connectivity index is 1.47. The van der Waals surface area contributed by atoms with Crippen molar-refractivity contribution in [3.63, 3.8) is 0 Å². The van der Waals surface area contributed by atoms with Crippen LogP contribution < -0.4 is 0 Å². The van der Waals surface area contributed by atoms with Crippen LogP contribution in [0.5, 0.6) is 0 Å². The maximum absolute atomic E-state index is 5.87. The van der Waals surface area contributed by atoms with Crippen LogP contribution in [0.3, 0.4) is 0 Å². The predicted molar refractivity (Wildman–Crippen MR) is 84.0 cm³/mol. The van der Waals surface area contributed by atoms with E-state index in [2.05, 4.69) is 34.0 Å². The van der Waals surface area contributed by atoms with Crippen LogP contribution in [0.4, 0.5) is 0 Å². The molecule has 3 heterocycles. The first-order valence-corrected chi connectivity index (χ1v) is 8.23. The van der Waals surface area contributed by atoms with E-state index in [0.717, 1.165) is 50.7 Å². The lowest BCUT2D eigenvalue weighted by molar-refractivity contribution is 0.187. The Bertz CT molecular complexity index is 601. The van der Waals surface area contributed by atoms with Gasteiger partial charge in [0.15, 0.2) is 5.82 Å². The highest BCUT2D eigenvalue weighted by Gasteiger charge is 2.25. The lowest BCUT2D eigenvalue weighted by Crippen LogP contribution is -2.35. The summed E-state index contributed by atoms with van der Waals surface area (Å²) < 4.78 is 7.31. The summed E-state index contributed by atoms with van der Waals surface area (Å²) in [5.41, 5.74) is 0. The van der Waals surface area contributed by atoms with Gasteiger partial charge in [-0.15, -0.1) is 0 Å². The summed E-state index contributed by atoms with van der Waals surface area (Å²) in [6.07, 6.45) is 5.68. The average molecular weight is 324 g/mol. The molecule has 0 radical (unpaired) electrons. The number of hydrogen-bond acceptors (Lipinski definition) is 5. The SMILES string of the molecule is CC(C)c1noc(C2CCN(CCn3cc(Cl)cn3)CC2)n1. The second-order valence-corrected chi connectivity index (χ2v) is 6.62. The molecule has 120 valence electrons.